The van der Waals surface area contributed by atoms with Gasteiger partial charge in [-0.05, 0) is 53.4 Å². The molecule has 2 aliphatic rings. The lowest BCUT2D eigenvalue weighted by atomic mass is 10.1. The topological polar surface area (TPSA) is 180 Å². The summed E-state index contributed by atoms with van der Waals surface area (Å²) in [4.78, 5) is 78.1. The Morgan fingerprint density at radius 1 is 1.05 bits per heavy atom. The van der Waals surface area contributed by atoms with Crippen molar-refractivity contribution >= 4 is 35.6 Å². The lowest BCUT2D eigenvalue weighted by Crippen LogP contribution is -2.57. The summed E-state index contributed by atoms with van der Waals surface area (Å²) in [6, 6.07) is -4.13. The van der Waals surface area contributed by atoms with Gasteiger partial charge in [0.2, 0.25) is 29.5 Å². The molecule has 2 saturated heterocycles. The second-order valence-corrected chi connectivity index (χ2v) is 10.6. The molecule has 5 N–H and O–H groups in total. The molecule has 2 heterocycles. The number of hydrogen-bond donors (Lipinski definition) is 4. The zero-order valence-electron chi connectivity index (χ0n) is 22.5. The summed E-state index contributed by atoms with van der Waals surface area (Å²) in [5, 5.41) is 7.83. The van der Waals surface area contributed by atoms with Gasteiger partial charge in [-0.2, -0.15) is 0 Å². The molecule has 2 rings (SSSR count). The van der Waals surface area contributed by atoms with Crippen LogP contribution in [0, 0.1) is 0 Å². The van der Waals surface area contributed by atoms with Gasteiger partial charge < -0.3 is 36.2 Å². The Balaban J connectivity index is 2.25. The summed E-state index contributed by atoms with van der Waals surface area (Å²) in [6.07, 6.45) is 0.745. The van der Waals surface area contributed by atoms with Crippen LogP contribution in [0.2, 0.25) is 0 Å². The van der Waals surface area contributed by atoms with Crippen LogP contribution in [-0.2, 0) is 28.7 Å². The van der Waals surface area contributed by atoms with Crippen LogP contribution in [0.3, 0.4) is 0 Å². The van der Waals surface area contributed by atoms with Crippen LogP contribution >= 0.6 is 0 Å². The standard InChI is InChI=1S/C24H40N6O7/c1-7-16(27-14(3)31)21(34)29-10-8-9-17(29)22(35)30-12-15(28-23(36)37-24(4,5)6)11-18(30)20(33)26-13(2)19(25)32/h13,15-18H,7-12H2,1-6H3,(H2,25,32)(H,26,33)(H,27,31)(H,28,36)/t13-,15-,16-,17+,18-/m0/s1. The number of nitrogens with zero attached hydrogens (tertiary/aromatic N) is 2. The number of alkyl carbamates (subject to hydrolysis) is 1. The zero-order valence-corrected chi connectivity index (χ0v) is 22.5. The molecular formula is C24H40N6O7. The average Bonchev–Trinajstić information content (AvgIpc) is 3.42. The van der Waals surface area contributed by atoms with E-state index in [9.17, 15) is 28.8 Å². The molecule has 6 amide bonds. The lowest BCUT2D eigenvalue weighted by Gasteiger charge is -2.32. The van der Waals surface area contributed by atoms with Crippen molar-refractivity contribution in [2.45, 2.75) is 103 Å². The van der Waals surface area contributed by atoms with E-state index < -0.39 is 59.6 Å². The molecule has 208 valence electrons. The smallest absolute Gasteiger partial charge is 0.407 e. The van der Waals surface area contributed by atoms with Crippen molar-refractivity contribution in [2.75, 3.05) is 13.1 Å². The van der Waals surface area contributed by atoms with Crippen molar-refractivity contribution < 1.29 is 33.5 Å². The predicted octanol–water partition coefficient (Wildman–Crippen LogP) is -0.624. The molecule has 0 aromatic rings. The lowest BCUT2D eigenvalue weighted by molar-refractivity contribution is -0.148. The largest absolute Gasteiger partial charge is 0.444 e. The molecule has 0 saturated carbocycles. The van der Waals surface area contributed by atoms with Gasteiger partial charge in [-0.15, -0.1) is 0 Å². The first-order chi connectivity index (χ1) is 17.1. The summed E-state index contributed by atoms with van der Waals surface area (Å²) in [7, 11) is 0. The Kier molecular flexibility index (Phi) is 9.87. The third-order valence-electron chi connectivity index (χ3n) is 6.30. The molecule has 0 aliphatic carbocycles. The van der Waals surface area contributed by atoms with Crippen LogP contribution in [0.1, 0.15) is 67.2 Å². The van der Waals surface area contributed by atoms with Crippen molar-refractivity contribution in [3.63, 3.8) is 0 Å². The minimum Gasteiger partial charge on any atom is -0.444 e. The van der Waals surface area contributed by atoms with E-state index in [1.54, 1.807) is 27.7 Å². The Morgan fingerprint density at radius 3 is 2.24 bits per heavy atom. The predicted molar refractivity (Wildman–Crippen MR) is 133 cm³/mol. The number of hydrogen-bond acceptors (Lipinski definition) is 7. The number of carbonyl (C=O) groups is 6. The minimum absolute atomic E-state index is 0.0164. The number of rotatable bonds is 8. The molecule has 0 aromatic heterocycles. The fraction of sp³-hybridized carbons (Fsp3) is 0.750. The van der Waals surface area contributed by atoms with Gasteiger partial charge in [-0.1, -0.05) is 6.92 Å². The molecule has 37 heavy (non-hydrogen) atoms. The van der Waals surface area contributed by atoms with Crippen molar-refractivity contribution in [1.82, 2.24) is 25.8 Å². The Morgan fingerprint density at radius 2 is 1.70 bits per heavy atom. The molecule has 0 unspecified atom stereocenters. The highest BCUT2D eigenvalue weighted by atomic mass is 16.6. The number of ether oxygens (including phenoxy) is 1. The highest BCUT2D eigenvalue weighted by Gasteiger charge is 2.46. The van der Waals surface area contributed by atoms with E-state index >= 15 is 0 Å². The number of amides is 6. The summed E-state index contributed by atoms with van der Waals surface area (Å²) in [5.74, 6) is -2.47. The third kappa shape index (κ3) is 8.05. The Hall–Kier alpha value is -3.38. The second-order valence-electron chi connectivity index (χ2n) is 10.6. The molecule has 0 spiro atoms. The molecule has 0 radical (unpaired) electrons. The molecular weight excluding hydrogens is 484 g/mol. The van der Waals surface area contributed by atoms with Gasteiger partial charge in [0, 0.05) is 20.0 Å². The van der Waals surface area contributed by atoms with Crippen molar-refractivity contribution in [3.05, 3.63) is 0 Å². The maximum absolute atomic E-state index is 13.7. The van der Waals surface area contributed by atoms with Crippen LogP contribution in [0.4, 0.5) is 4.79 Å². The molecule has 2 fully saturated rings. The Bertz CT molecular complexity index is 918. The van der Waals surface area contributed by atoms with Gasteiger partial charge in [-0.3, -0.25) is 24.0 Å². The van der Waals surface area contributed by atoms with Gasteiger partial charge in [0.1, 0.15) is 29.8 Å². The maximum atomic E-state index is 13.7. The van der Waals surface area contributed by atoms with Crippen LogP contribution in [0.15, 0.2) is 0 Å². The number of carbonyl (C=O) groups excluding carboxylic acids is 6. The fourth-order valence-corrected chi connectivity index (χ4v) is 4.55. The number of nitrogens with two attached hydrogens (primary N) is 1. The number of nitrogens with one attached hydrogen (secondary N) is 3. The zero-order chi connectivity index (χ0) is 28.1. The van der Waals surface area contributed by atoms with E-state index in [2.05, 4.69) is 16.0 Å². The first-order valence-corrected chi connectivity index (χ1v) is 12.6. The summed E-state index contributed by atoms with van der Waals surface area (Å²) in [6.45, 7) is 10.0. The van der Waals surface area contributed by atoms with Gasteiger partial charge >= 0.3 is 6.09 Å². The van der Waals surface area contributed by atoms with Crippen LogP contribution in [0.25, 0.3) is 0 Å². The van der Waals surface area contributed by atoms with Crippen LogP contribution in [-0.4, -0.2) is 94.3 Å². The molecule has 0 bridgehead atoms. The van der Waals surface area contributed by atoms with E-state index in [1.807, 2.05) is 0 Å². The van der Waals surface area contributed by atoms with E-state index in [0.717, 1.165) is 0 Å². The van der Waals surface area contributed by atoms with E-state index in [-0.39, 0.29) is 24.8 Å². The van der Waals surface area contributed by atoms with Crippen molar-refractivity contribution in [1.29, 1.82) is 0 Å². The molecule has 0 aromatic carbocycles. The molecule has 5 atom stereocenters. The van der Waals surface area contributed by atoms with Crippen LogP contribution in [0.5, 0.6) is 0 Å². The second kappa shape index (κ2) is 12.2. The monoisotopic (exact) mass is 524 g/mol. The first kappa shape index (κ1) is 29.8. The maximum Gasteiger partial charge on any atom is 0.407 e. The average molecular weight is 525 g/mol. The van der Waals surface area contributed by atoms with Gasteiger partial charge in [0.15, 0.2) is 0 Å². The summed E-state index contributed by atoms with van der Waals surface area (Å²) < 4.78 is 5.30. The first-order valence-electron chi connectivity index (χ1n) is 12.6. The minimum atomic E-state index is -0.996. The van der Waals surface area contributed by atoms with Crippen molar-refractivity contribution in [3.8, 4) is 0 Å². The summed E-state index contributed by atoms with van der Waals surface area (Å²) in [5.41, 5.74) is 4.54. The van der Waals surface area contributed by atoms with Gasteiger partial charge in [0.05, 0.1) is 6.04 Å². The quantitative estimate of drug-likeness (QED) is 0.326. The normalized spacial score (nSPS) is 23.1. The van der Waals surface area contributed by atoms with E-state index in [1.165, 1.54) is 23.6 Å². The number of likely N-dealkylation sites (tertiary alicyclic amines) is 2. The van der Waals surface area contributed by atoms with E-state index in [4.69, 9.17) is 10.5 Å². The van der Waals surface area contributed by atoms with Crippen molar-refractivity contribution in [2.24, 2.45) is 5.73 Å². The highest BCUT2D eigenvalue weighted by molar-refractivity contribution is 5.96. The SMILES string of the molecule is CC[C@H](NC(C)=O)C(=O)N1CCC[C@@H]1C(=O)N1C[C@@H](NC(=O)OC(C)(C)C)C[C@H]1C(=O)N[C@@H](C)C(N)=O. The fourth-order valence-electron chi connectivity index (χ4n) is 4.55. The molecule has 13 nitrogen and oxygen atoms in total. The van der Waals surface area contributed by atoms with Crippen LogP contribution < -0.4 is 21.7 Å². The highest BCUT2D eigenvalue weighted by Crippen LogP contribution is 2.26. The Labute approximate surface area is 217 Å². The van der Waals surface area contributed by atoms with Gasteiger partial charge in [-0.25, -0.2) is 4.79 Å². The molecule has 13 heteroatoms. The van der Waals surface area contributed by atoms with E-state index in [0.29, 0.717) is 25.8 Å². The summed E-state index contributed by atoms with van der Waals surface area (Å²) >= 11 is 0. The molecule has 2 aliphatic heterocycles. The van der Waals surface area contributed by atoms with Gasteiger partial charge in [0.25, 0.3) is 0 Å². The number of primary amides is 1. The third-order valence-corrected chi connectivity index (χ3v) is 6.30.